The zero-order valence-electron chi connectivity index (χ0n) is 15.5. The average molecular weight is 398 g/mol. The number of amides is 1. The molecule has 0 aliphatic heterocycles. The summed E-state index contributed by atoms with van der Waals surface area (Å²) in [5.41, 5.74) is 4.12. The number of aliphatic hydroxyl groups is 1. The molecule has 0 saturated carbocycles. The minimum Gasteiger partial charge on any atom is -0.465 e. The predicted octanol–water partition coefficient (Wildman–Crippen LogP) is 4.82. The number of rotatable bonds is 5. The second-order valence-corrected chi connectivity index (χ2v) is 7.47. The minimum atomic E-state index is -1.15. The van der Waals surface area contributed by atoms with Crippen LogP contribution in [0.5, 0.6) is 0 Å². The van der Waals surface area contributed by atoms with Crippen molar-refractivity contribution in [1.82, 2.24) is 9.97 Å². The zero-order valence-corrected chi connectivity index (χ0v) is 16.2. The van der Waals surface area contributed by atoms with Crippen LogP contribution in [0.3, 0.4) is 0 Å². The van der Waals surface area contributed by atoms with Crippen molar-refractivity contribution in [3.8, 4) is 22.3 Å². The maximum Gasteiger partial charge on any atom is 0.409 e. The first-order valence-corrected chi connectivity index (χ1v) is 9.00. The lowest BCUT2D eigenvalue weighted by atomic mass is 9.88. The van der Waals surface area contributed by atoms with Gasteiger partial charge in [-0.3, -0.25) is 15.3 Å². The van der Waals surface area contributed by atoms with Crippen LogP contribution in [0.1, 0.15) is 19.5 Å². The molecule has 28 heavy (non-hydrogen) atoms. The van der Waals surface area contributed by atoms with Crippen molar-refractivity contribution < 1.29 is 15.0 Å². The number of aliphatic hydroxyl groups excluding tert-OH is 1. The number of hydrogen-bond donors (Lipinski definition) is 3. The molecular formula is C21H20ClN3O3. The minimum absolute atomic E-state index is 0.00588. The van der Waals surface area contributed by atoms with Gasteiger partial charge in [-0.2, -0.15) is 0 Å². The van der Waals surface area contributed by atoms with Gasteiger partial charge >= 0.3 is 6.09 Å². The number of halogens is 1. The number of carbonyl (C=O) groups is 1. The summed E-state index contributed by atoms with van der Waals surface area (Å²) in [6.45, 7) is 3.86. The van der Waals surface area contributed by atoms with E-state index in [1.807, 2.05) is 32.0 Å². The summed E-state index contributed by atoms with van der Waals surface area (Å²) >= 11 is 6.35. The van der Waals surface area contributed by atoms with Gasteiger partial charge in [0.25, 0.3) is 0 Å². The largest absolute Gasteiger partial charge is 0.465 e. The number of pyridine rings is 2. The van der Waals surface area contributed by atoms with Crippen LogP contribution in [-0.4, -0.2) is 32.9 Å². The van der Waals surface area contributed by atoms with Crippen molar-refractivity contribution in [3.05, 3.63) is 65.7 Å². The molecule has 2 heterocycles. The summed E-state index contributed by atoms with van der Waals surface area (Å²) in [5, 5.41) is 21.1. The van der Waals surface area contributed by atoms with Crippen LogP contribution < -0.4 is 5.32 Å². The van der Waals surface area contributed by atoms with E-state index in [1.165, 1.54) is 0 Å². The van der Waals surface area contributed by atoms with Crippen LogP contribution in [0, 0.1) is 0 Å². The molecule has 1 amide bonds. The highest BCUT2D eigenvalue weighted by molar-refractivity contribution is 6.33. The van der Waals surface area contributed by atoms with E-state index >= 15 is 0 Å². The summed E-state index contributed by atoms with van der Waals surface area (Å²) in [6.07, 6.45) is 4.03. The molecule has 3 N–H and O–H groups in total. The van der Waals surface area contributed by atoms with E-state index in [0.29, 0.717) is 10.7 Å². The fourth-order valence-corrected chi connectivity index (χ4v) is 3.05. The number of benzene rings is 1. The third-order valence-corrected chi connectivity index (χ3v) is 4.76. The van der Waals surface area contributed by atoms with Crippen molar-refractivity contribution in [1.29, 1.82) is 0 Å². The average Bonchev–Trinajstić information content (AvgIpc) is 2.68. The first-order chi connectivity index (χ1) is 13.3. The van der Waals surface area contributed by atoms with E-state index in [4.69, 9.17) is 16.7 Å². The molecule has 0 aliphatic rings. The number of nitrogens with zero attached hydrogens (tertiary/aromatic N) is 2. The van der Waals surface area contributed by atoms with E-state index in [2.05, 4.69) is 15.3 Å². The third kappa shape index (κ3) is 4.30. The van der Waals surface area contributed by atoms with Crippen LogP contribution in [0.15, 0.2) is 55.0 Å². The zero-order chi connectivity index (χ0) is 20.3. The standard InChI is InChI=1S/C21H20ClN3O3/c1-21(2,12-26)19-8-13(5-6-24-19)14-7-15(11-23-10-14)17-4-3-16(9-18(17)22)25-20(27)28/h3-11,25-26H,12H2,1-2H3,(H,27,28). The molecule has 0 atom stereocenters. The van der Waals surface area contributed by atoms with Gasteiger partial charge in [0.15, 0.2) is 0 Å². The van der Waals surface area contributed by atoms with E-state index in [0.717, 1.165) is 27.9 Å². The molecule has 2 aromatic heterocycles. The van der Waals surface area contributed by atoms with Gasteiger partial charge in [0.1, 0.15) is 0 Å². The summed E-state index contributed by atoms with van der Waals surface area (Å²) in [7, 11) is 0. The molecule has 0 bridgehead atoms. The molecule has 0 aliphatic carbocycles. The molecule has 0 spiro atoms. The van der Waals surface area contributed by atoms with Gasteiger partial charge in [0, 0.05) is 52.1 Å². The molecular weight excluding hydrogens is 378 g/mol. The highest BCUT2D eigenvalue weighted by Gasteiger charge is 2.21. The fraction of sp³-hybridized carbons (Fsp3) is 0.190. The second-order valence-electron chi connectivity index (χ2n) is 7.06. The summed E-state index contributed by atoms with van der Waals surface area (Å²) in [4.78, 5) is 19.5. The number of nitrogens with one attached hydrogen (secondary N) is 1. The van der Waals surface area contributed by atoms with Gasteiger partial charge in [0.05, 0.1) is 11.6 Å². The number of aromatic nitrogens is 2. The Morgan fingerprint density at radius 2 is 1.86 bits per heavy atom. The molecule has 3 rings (SSSR count). The molecule has 144 valence electrons. The Hall–Kier alpha value is -2.96. The SMILES string of the molecule is CC(C)(CO)c1cc(-c2cncc(-c3ccc(NC(=O)O)cc3Cl)c2)ccn1. The molecule has 6 nitrogen and oxygen atoms in total. The molecule has 0 radical (unpaired) electrons. The van der Waals surface area contributed by atoms with Crippen LogP contribution in [0.4, 0.5) is 10.5 Å². The van der Waals surface area contributed by atoms with Gasteiger partial charge in [-0.15, -0.1) is 0 Å². The van der Waals surface area contributed by atoms with Crippen molar-refractivity contribution in [2.24, 2.45) is 0 Å². The first kappa shape index (κ1) is 19.8. The van der Waals surface area contributed by atoms with Crippen LogP contribution in [-0.2, 0) is 5.41 Å². The van der Waals surface area contributed by atoms with E-state index in [1.54, 1.807) is 36.8 Å². The summed E-state index contributed by atoms with van der Waals surface area (Å²) < 4.78 is 0. The third-order valence-electron chi connectivity index (χ3n) is 4.45. The van der Waals surface area contributed by atoms with Crippen LogP contribution in [0.25, 0.3) is 22.3 Å². The smallest absolute Gasteiger partial charge is 0.409 e. The van der Waals surface area contributed by atoms with E-state index in [-0.39, 0.29) is 6.61 Å². The highest BCUT2D eigenvalue weighted by atomic mass is 35.5. The quantitative estimate of drug-likeness (QED) is 0.573. The van der Waals surface area contributed by atoms with Crippen molar-refractivity contribution in [2.75, 3.05) is 11.9 Å². The van der Waals surface area contributed by atoms with Crippen LogP contribution >= 0.6 is 11.6 Å². The van der Waals surface area contributed by atoms with Crippen LogP contribution in [0.2, 0.25) is 5.02 Å². The highest BCUT2D eigenvalue weighted by Crippen LogP contribution is 2.33. The summed E-state index contributed by atoms with van der Waals surface area (Å²) in [5.74, 6) is 0. The second kappa shape index (κ2) is 7.96. The molecule has 1 aromatic carbocycles. The van der Waals surface area contributed by atoms with Gasteiger partial charge in [0.2, 0.25) is 0 Å². The van der Waals surface area contributed by atoms with E-state index in [9.17, 15) is 9.90 Å². The number of carboxylic acid groups (broad SMARTS) is 1. The Labute approximate surface area is 167 Å². The van der Waals surface area contributed by atoms with Gasteiger partial charge in [-0.05, 0) is 35.9 Å². The molecule has 0 unspecified atom stereocenters. The van der Waals surface area contributed by atoms with E-state index < -0.39 is 11.5 Å². The lowest BCUT2D eigenvalue weighted by Gasteiger charge is -2.21. The lowest BCUT2D eigenvalue weighted by Crippen LogP contribution is -2.23. The fourth-order valence-electron chi connectivity index (χ4n) is 2.76. The Kier molecular flexibility index (Phi) is 5.63. The van der Waals surface area contributed by atoms with Gasteiger partial charge in [-0.25, -0.2) is 4.79 Å². The first-order valence-electron chi connectivity index (χ1n) is 8.63. The molecule has 3 aromatic rings. The van der Waals surface area contributed by atoms with Gasteiger partial charge in [-0.1, -0.05) is 31.5 Å². The Bertz CT molecular complexity index is 1020. The number of hydrogen-bond acceptors (Lipinski definition) is 4. The Morgan fingerprint density at radius 3 is 2.54 bits per heavy atom. The van der Waals surface area contributed by atoms with Crippen molar-refractivity contribution in [2.45, 2.75) is 19.3 Å². The monoisotopic (exact) mass is 397 g/mol. The normalized spacial score (nSPS) is 11.3. The molecule has 0 saturated heterocycles. The Morgan fingerprint density at radius 1 is 1.11 bits per heavy atom. The van der Waals surface area contributed by atoms with Crippen molar-refractivity contribution in [3.63, 3.8) is 0 Å². The van der Waals surface area contributed by atoms with Gasteiger partial charge < -0.3 is 10.2 Å². The molecule has 0 fully saturated rings. The lowest BCUT2D eigenvalue weighted by molar-refractivity contribution is 0.209. The maximum atomic E-state index is 10.8. The topological polar surface area (TPSA) is 95.3 Å². The number of anilines is 1. The summed E-state index contributed by atoms with van der Waals surface area (Å²) in [6, 6.07) is 10.8. The predicted molar refractivity (Wildman–Crippen MR) is 110 cm³/mol. The molecule has 7 heteroatoms. The van der Waals surface area contributed by atoms with Crippen molar-refractivity contribution >= 4 is 23.4 Å². The maximum absolute atomic E-state index is 10.8. The Balaban J connectivity index is 1.98.